The van der Waals surface area contributed by atoms with Gasteiger partial charge in [-0.15, -0.1) is 0 Å². The van der Waals surface area contributed by atoms with Crippen LogP contribution in [0.25, 0.3) is 0 Å². The normalized spacial score (nSPS) is 10.9. The molecule has 0 fully saturated rings. The minimum Gasteiger partial charge on any atom is -0.642 e. The minimum atomic E-state index is -1.15. The van der Waals surface area contributed by atoms with Gasteiger partial charge < -0.3 is 3.79 Å². The molecule has 0 heterocycles. The van der Waals surface area contributed by atoms with Gasteiger partial charge in [0.2, 0.25) is 0 Å². The van der Waals surface area contributed by atoms with Crippen LogP contribution in [0.5, 0.6) is 5.75 Å². The fourth-order valence-corrected chi connectivity index (χ4v) is 4.46. The molecule has 15 heavy (non-hydrogen) atoms. The molecule has 0 aliphatic heterocycles. The summed E-state index contributed by atoms with van der Waals surface area (Å²) in [5.74, 6) is 1.05. The summed E-state index contributed by atoms with van der Waals surface area (Å²) in [5, 5.41) is 0. The van der Waals surface area contributed by atoms with Crippen molar-refractivity contribution in [3.8, 4) is 5.75 Å². The molecule has 0 atom stereocenters. The Morgan fingerprint density at radius 3 is 2.27 bits per heavy atom. The van der Waals surface area contributed by atoms with Crippen molar-refractivity contribution in [3.05, 3.63) is 29.8 Å². The van der Waals surface area contributed by atoms with Gasteiger partial charge in [0.15, 0.2) is 0 Å². The van der Waals surface area contributed by atoms with Crippen molar-refractivity contribution < 1.29 is 3.79 Å². The first-order valence-electron chi connectivity index (χ1n) is 5.65. The maximum Gasteiger partial charge on any atom is 0.552 e. The first kappa shape index (κ1) is 12.6. The molecule has 1 nitrogen and oxygen atoms in total. The molecule has 0 N–H and O–H groups in total. The van der Waals surface area contributed by atoms with Crippen LogP contribution in [0.15, 0.2) is 18.2 Å². The van der Waals surface area contributed by atoms with Crippen LogP contribution in [0, 0.1) is 13.0 Å². The van der Waals surface area contributed by atoms with Gasteiger partial charge in [-0.1, -0.05) is 33.8 Å². The van der Waals surface area contributed by atoms with Gasteiger partial charge in [-0.3, -0.25) is 0 Å². The minimum absolute atomic E-state index is 0.675. The maximum absolute atomic E-state index is 6.19. The Balaban J connectivity index is 2.79. The number of hydrogen-bond donors (Lipinski definition) is 0. The van der Waals surface area contributed by atoms with E-state index in [0.717, 1.165) is 5.75 Å². The van der Waals surface area contributed by atoms with E-state index in [-0.39, 0.29) is 0 Å². The van der Waals surface area contributed by atoms with E-state index in [1.807, 2.05) is 18.2 Å². The molecule has 1 radical (unpaired) electrons. The lowest BCUT2D eigenvalue weighted by Crippen LogP contribution is -2.29. The highest BCUT2D eigenvalue weighted by atomic mass is 27.2. The number of hydrogen-bond acceptors (Lipinski definition) is 1. The molecule has 1 rings (SSSR count). The Labute approximate surface area is 98.2 Å². The maximum atomic E-state index is 6.19. The van der Waals surface area contributed by atoms with Gasteiger partial charge in [0.1, 0.15) is 0 Å². The summed E-state index contributed by atoms with van der Waals surface area (Å²) in [4.78, 5) is 0. The monoisotopic (exact) mass is 219 g/mol. The van der Waals surface area contributed by atoms with Crippen molar-refractivity contribution in [1.29, 1.82) is 0 Å². The smallest absolute Gasteiger partial charge is 0.552 e. The van der Waals surface area contributed by atoms with Gasteiger partial charge in [0.25, 0.3) is 0 Å². The van der Waals surface area contributed by atoms with Crippen molar-refractivity contribution in [2.24, 2.45) is 0 Å². The first-order chi connectivity index (χ1) is 7.02. The molecule has 0 aliphatic rings. The van der Waals surface area contributed by atoms with Gasteiger partial charge in [0.05, 0.1) is 5.75 Å². The molecule has 1 aromatic carbocycles. The third-order valence-electron chi connectivity index (χ3n) is 2.60. The zero-order valence-corrected chi connectivity index (χ0v) is 11.5. The fraction of sp³-hybridized carbons (Fsp3) is 0.538. The highest BCUT2D eigenvalue weighted by Gasteiger charge is 2.32. The molecule has 1 aromatic rings. The molecular formula is C13H20AlO. The predicted octanol–water partition coefficient (Wildman–Crippen LogP) is 3.99. The quantitative estimate of drug-likeness (QED) is 0.696. The summed E-state index contributed by atoms with van der Waals surface area (Å²) in [5.41, 5.74) is 1.19. The largest absolute Gasteiger partial charge is 0.642 e. The molecule has 0 unspecified atom stereocenters. The van der Waals surface area contributed by atoms with Crippen LogP contribution < -0.4 is 3.79 Å². The molecule has 2 heteroatoms. The Hall–Kier alpha value is -0.448. The summed E-state index contributed by atoms with van der Waals surface area (Å²) >= 11 is -1.15. The van der Waals surface area contributed by atoms with Crippen molar-refractivity contribution in [1.82, 2.24) is 0 Å². The van der Waals surface area contributed by atoms with E-state index in [1.54, 1.807) is 0 Å². The van der Waals surface area contributed by atoms with Crippen molar-refractivity contribution in [2.75, 3.05) is 0 Å². The van der Waals surface area contributed by atoms with Gasteiger partial charge in [0, 0.05) is 0 Å². The molecule has 0 bridgehead atoms. The zero-order chi connectivity index (χ0) is 11.4. The standard InChI is InChI=1S/C7H7O.2C3H7.Al/c1-6-4-2-3-5-7(6)8;2*1-3-2;/h3-5,8H,1H3;2*3H,1-2H3;/q;;;+1/p-1. The second kappa shape index (κ2) is 5.59. The van der Waals surface area contributed by atoms with Gasteiger partial charge in [-0.05, 0) is 40.2 Å². The molecule has 81 valence electrons. The second-order valence-electron chi connectivity index (χ2n) is 4.76. The summed E-state index contributed by atoms with van der Waals surface area (Å²) in [7, 11) is 0. The summed E-state index contributed by atoms with van der Waals surface area (Å²) < 4.78 is 7.54. The molecular weight excluding hydrogens is 199 g/mol. The van der Waals surface area contributed by atoms with Crippen LogP contribution in [0.4, 0.5) is 0 Å². The van der Waals surface area contributed by atoms with E-state index in [4.69, 9.17) is 3.79 Å². The lowest BCUT2D eigenvalue weighted by Gasteiger charge is -2.22. The van der Waals surface area contributed by atoms with Gasteiger partial charge >= 0.3 is 14.5 Å². The number of aryl methyl sites for hydroxylation is 1. The Bertz CT molecular complexity index is 299. The molecule has 0 aliphatic carbocycles. The number of rotatable bonds is 4. The highest BCUT2D eigenvalue weighted by Crippen LogP contribution is 2.25. The average molecular weight is 219 g/mol. The van der Waals surface area contributed by atoms with Crippen LogP contribution in [0.2, 0.25) is 9.56 Å². The van der Waals surface area contributed by atoms with E-state index in [0.29, 0.717) is 9.56 Å². The summed E-state index contributed by atoms with van der Waals surface area (Å²) in [6.45, 7) is 11.1. The van der Waals surface area contributed by atoms with Crippen molar-refractivity contribution >= 4 is 14.5 Å². The molecule has 0 saturated heterocycles. The van der Waals surface area contributed by atoms with Gasteiger partial charge in [-0.2, -0.15) is 0 Å². The summed E-state index contributed by atoms with van der Waals surface area (Å²) in [6, 6.07) is 9.01. The molecule has 0 aromatic heterocycles. The van der Waals surface area contributed by atoms with E-state index in [9.17, 15) is 0 Å². The van der Waals surface area contributed by atoms with E-state index in [1.165, 1.54) is 5.56 Å². The van der Waals surface area contributed by atoms with E-state index in [2.05, 4.69) is 40.7 Å². The predicted molar refractivity (Wildman–Crippen MR) is 66.6 cm³/mol. The number of benzene rings is 1. The second-order valence-corrected chi connectivity index (χ2v) is 8.59. The highest BCUT2D eigenvalue weighted by molar-refractivity contribution is 6.55. The van der Waals surface area contributed by atoms with Gasteiger partial charge in [-0.25, -0.2) is 0 Å². The SMILES string of the molecule is Cc1c[c]ccc1[O][Al]([CH](C)C)[CH](C)C. The lowest BCUT2D eigenvalue weighted by atomic mass is 10.2. The Kier molecular flexibility index (Phi) is 4.70. The third-order valence-corrected chi connectivity index (χ3v) is 5.75. The van der Waals surface area contributed by atoms with Crippen molar-refractivity contribution in [3.63, 3.8) is 0 Å². The van der Waals surface area contributed by atoms with Crippen LogP contribution in [-0.2, 0) is 0 Å². The Morgan fingerprint density at radius 1 is 1.20 bits per heavy atom. The van der Waals surface area contributed by atoms with Crippen LogP contribution in [-0.4, -0.2) is 14.5 Å². The van der Waals surface area contributed by atoms with Crippen LogP contribution in [0.1, 0.15) is 33.3 Å². The third kappa shape index (κ3) is 3.56. The van der Waals surface area contributed by atoms with Crippen LogP contribution >= 0.6 is 0 Å². The van der Waals surface area contributed by atoms with Crippen molar-refractivity contribution in [2.45, 2.75) is 44.2 Å². The van der Waals surface area contributed by atoms with Crippen LogP contribution in [0.3, 0.4) is 0 Å². The summed E-state index contributed by atoms with van der Waals surface area (Å²) in [6.07, 6.45) is 0. The lowest BCUT2D eigenvalue weighted by molar-refractivity contribution is 0.532. The molecule has 0 amide bonds. The molecule has 0 saturated carbocycles. The molecule has 0 spiro atoms. The van der Waals surface area contributed by atoms with E-state index >= 15 is 0 Å². The first-order valence-corrected chi connectivity index (χ1v) is 7.46. The van der Waals surface area contributed by atoms with E-state index < -0.39 is 14.5 Å². The fourth-order valence-electron chi connectivity index (χ4n) is 1.82. The topological polar surface area (TPSA) is 9.23 Å². The Morgan fingerprint density at radius 2 is 1.80 bits per heavy atom. The average Bonchev–Trinajstić information content (AvgIpc) is 2.15. The zero-order valence-electron chi connectivity index (χ0n) is 10.4.